The molecule has 0 spiro atoms. The van der Waals surface area contributed by atoms with E-state index in [4.69, 9.17) is 4.74 Å². The molecule has 2 aromatic rings. The van der Waals surface area contributed by atoms with Gasteiger partial charge in [0, 0.05) is 34.0 Å². The van der Waals surface area contributed by atoms with Gasteiger partial charge in [0.25, 0.3) is 0 Å². The van der Waals surface area contributed by atoms with Crippen LogP contribution in [0.3, 0.4) is 0 Å². The lowest BCUT2D eigenvalue weighted by Crippen LogP contribution is -2.12. The third-order valence-corrected chi connectivity index (χ3v) is 4.11. The fourth-order valence-corrected chi connectivity index (χ4v) is 3.00. The lowest BCUT2D eigenvalue weighted by Gasteiger charge is -2.13. The smallest absolute Gasteiger partial charge is 0.111 e. The first-order valence-electron chi connectivity index (χ1n) is 8.36. The molecule has 0 aliphatic carbocycles. The van der Waals surface area contributed by atoms with Crippen LogP contribution in [-0.2, 0) is 23.2 Å². The number of aromatic amines is 1. The SMILES string of the molecule is CC(C)(C)c1ncc[nH]1.CC(C)C.Cc1cc2c(s1)CCOC2. The van der Waals surface area contributed by atoms with Crippen LogP contribution >= 0.6 is 11.3 Å². The average molecular weight is 337 g/mol. The maximum Gasteiger partial charge on any atom is 0.111 e. The fraction of sp³-hybridized carbons (Fsp3) is 0.632. The van der Waals surface area contributed by atoms with Crippen molar-refractivity contribution in [3.05, 3.63) is 39.6 Å². The number of hydrogen-bond donors (Lipinski definition) is 1. The van der Waals surface area contributed by atoms with Gasteiger partial charge >= 0.3 is 0 Å². The predicted octanol–water partition coefficient (Wildman–Crippen LogP) is 5.50. The van der Waals surface area contributed by atoms with Gasteiger partial charge in [-0.1, -0.05) is 41.5 Å². The number of thiophene rings is 1. The molecule has 0 fully saturated rings. The van der Waals surface area contributed by atoms with Crippen molar-refractivity contribution in [3.8, 4) is 0 Å². The van der Waals surface area contributed by atoms with Crippen molar-refractivity contribution >= 4 is 11.3 Å². The van der Waals surface area contributed by atoms with Gasteiger partial charge in [0.15, 0.2) is 0 Å². The number of imidazole rings is 1. The zero-order chi connectivity index (χ0) is 17.5. The predicted molar refractivity (Wildman–Crippen MR) is 100 cm³/mol. The highest BCUT2D eigenvalue weighted by Gasteiger charge is 2.14. The molecule has 1 aliphatic heterocycles. The van der Waals surface area contributed by atoms with Crippen LogP contribution in [0, 0.1) is 12.8 Å². The number of hydrogen-bond acceptors (Lipinski definition) is 3. The second-order valence-electron chi connectivity index (χ2n) is 7.53. The minimum absolute atomic E-state index is 0.156. The van der Waals surface area contributed by atoms with E-state index in [1.165, 1.54) is 15.3 Å². The van der Waals surface area contributed by atoms with Gasteiger partial charge in [-0.25, -0.2) is 4.98 Å². The molecular weight excluding hydrogens is 304 g/mol. The molecule has 23 heavy (non-hydrogen) atoms. The van der Waals surface area contributed by atoms with Crippen LogP contribution in [0.15, 0.2) is 18.5 Å². The lowest BCUT2D eigenvalue weighted by atomic mass is 9.96. The van der Waals surface area contributed by atoms with E-state index in [9.17, 15) is 0 Å². The van der Waals surface area contributed by atoms with Gasteiger partial charge < -0.3 is 9.72 Å². The molecular formula is C19H32N2OS. The van der Waals surface area contributed by atoms with E-state index in [0.29, 0.717) is 0 Å². The zero-order valence-electron chi connectivity index (χ0n) is 15.7. The van der Waals surface area contributed by atoms with Crippen molar-refractivity contribution in [2.24, 2.45) is 5.92 Å². The van der Waals surface area contributed by atoms with Crippen LogP contribution in [0.5, 0.6) is 0 Å². The second kappa shape index (κ2) is 9.24. The van der Waals surface area contributed by atoms with Crippen LogP contribution in [0.4, 0.5) is 0 Å². The Balaban J connectivity index is 0.000000189. The Morgan fingerprint density at radius 2 is 1.91 bits per heavy atom. The molecule has 4 heteroatoms. The number of aromatic nitrogens is 2. The lowest BCUT2D eigenvalue weighted by molar-refractivity contribution is 0.112. The number of aryl methyl sites for hydroxylation is 1. The monoisotopic (exact) mass is 336 g/mol. The number of rotatable bonds is 0. The summed E-state index contributed by atoms with van der Waals surface area (Å²) in [6.07, 6.45) is 4.75. The Morgan fingerprint density at radius 1 is 1.26 bits per heavy atom. The van der Waals surface area contributed by atoms with Crippen LogP contribution in [0.1, 0.15) is 62.7 Å². The van der Waals surface area contributed by atoms with E-state index in [1.807, 2.05) is 17.5 Å². The Hall–Kier alpha value is -1.13. The molecule has 0 saturated carbocycles. The molecule has 0 bridgehead atoms. The van der Waals surface area contributed by atoms with Crippen molar-refractivity contribution in [1.82, 2.24) is 9.97 Å². The summed E-state index contributed by atoms with van der Waals surface area (Å²) in [7, 11) is 0. The molecule has 0 saturated heterocycles. The highest BCUT2D eigenvalue weighted by molar-refractivity contribution is 7.12. The molecule has 3 nitrogen and oxygen atoms in total. The molecule has 1 N–H and O–H groups in total. The maximum atomic E-state index is 5.32. The summed E-state index contributed by atoms with van der Waals surface area (Å²) in [5.74, 6) is 1.88. The molecule has 0 atom stereocenters. The number of ether oxygens (including phenoxy) is 1. The summed E-state index contributed by atoms with van der Waals surface area (Å²) >= 11 is 1.91. The van der Waals surface area contributed by atoms with Crippen molar-refractivity contribution in [2.75, 3.05) is 6.61 Å². The standard InChI is InChI=1S/C8H10OS.C7H12N2.C4H10/c1-6-4-7-5-9-3-2-8(7)10-6;1-7(2,3)6-8-4-5-9-6;1-4(2)3/h4H,2-3,5H2,1H3;4-5H,1-3H3,(H,8,9);4H,1-3H3. The molecule has 130 valence electrons. The number of nitrogens with one attached hydrogen (secondary N) is 1. The van der Waals surface area contributed by atoms with E-state index in [1.54, 1.807) is 6.20 Å². The van der Waals surface area contributed by atoms with E-state index < -0.39 is 0 Å². The van der Waals surface area contributed by atoms with Gasteiger partial charge in [-0.2, -0.15) is 0 Å². The first kappa shape index (κ1) is 19.9. The first-order chi connectivity index (χ1) is 10.7. The third kappa shape index (κ3) is 7.80. The largest absolute Gasteiger partial charge is 0.376 e. The molecule has 3 rings (SSSR count). The first-order valence-corrected chi connectivity index (χ1v) is 9.17. The number of nitrogens with zero attached hydrogens (tertiary/aromatic N) is 1. The summed E-state index contributed by atoms with van der Waals surface area (Å²) in [4.78, 5) is 10.1. The van der Waals surface area contributed by atoms with Gasteiger partial charge in [0.1, 0.15) is 5.82 Å². The van der Waals surface area contributed by atoms with Crippen molar-refractivity contribution in [2.45, 2.75) is 66.9 Å². The van der Waals surface area contributed by atoms with Gasteiger partial charge in [-0.3, -0.25) is 0 Å². The van der Waals surface area contributed by atoms with Crippen molar-refractivity contribution < 1.29 is 4.74 Å². The normalized spacial score (nSPS) is 13.6. The summed E-state index contributed by atoms with van der Waals surface area (Å²) in [5, 5.41) is 0. The highest BCUT2D eigenvalue weighted by Crippen LogP contribution is 2.25. The summed E-state index contributed by atoms with van der Waals surface area (Å²) in [6, 6.07) is 2.24. The van der Waals surface area contributed by atoms with Gasteiger partial charge in [-0.05, 0) is 24.5 Å². The summed E-state index contributed by atoms with van der Waals surface area (Å²) < 4.78 is 5.32. The minimum Gasteiger partial charge on any atom is -0.376 e. The molecule has 2 aromatic heterocycles. The summed E-state index contributed by atoms with van der Waals surface area (Å²) in [6.45, 7) is 16.8. The average Bonchev–Trinajstić information content (AvgIpc) is 3.05. The quantitative estimate of drug-likeness (QED) is 0.690. The Bertz CT molecular complexity index is 524. The second-order valence-corrected chi connectivity index (χ2v) is 8.87. The molecule has 3 heterocycles. The Kier molecular flexibility index (Phi) is 8.00. The highest BCUT2D eigenvalue weighted by atomic mass is 32.1. The van der Waals surface area contributed by atoms with Crippen LogP contribution < -0.4 is 0 Å². The number of H-pyrrole nitrogens is 1. The van der Waals surface area contributed by atoms with Crippen molar-refractivity contribution in [1.29, 1.82) is 0 Å². The third-order valence-electron chi connectivity index (χ3n) is 2.96. The van der Waals surface area contributed by atoms with E-state index >= 15 is 0 Å². The van der Waals surface area contributed by atoms with Crippen LogP contribution in [0.2, 0.25) is 0 Å². The zero-order valence-corrected chi connectivity index (χ0v) is 16.5. The van der Waals surface area contributed by atoms with Crippen LogP contribution in [-0.4, -0.2) is 16.6 Å². The topological polar surface area (TPSA) is 37.9 Å². The molecule has 1 aliphatic rings. The van der Waals surface area contributed by atoms with Crippen LogP contribution in [0.25, 0.3) is 0 Å². The molecule has 0 amide bonds. The van der Waals surface area contributed by atoms with E-state index in [-0.39, 0.29) is 5.41 Å². The Morgan fingerprint density at radius 3 is 2.35 bits per heavy atom. The number of fused-ring (bicyclic) bond motifs is 1. The molecule has 0 radical (unpaired) electrons. The fourth-order valence-electron chi connectivity index (χ4n) is 1.97. The minimum atomic E-state index is 0.156. The van der Waals surface area contributed by atoms with Gasteiger partial charge in [-0.15, -0.1) is 11.3 Å². The van der Waals surface area contributed by atoms with E-state index in [2.05, 4.69) is 64.5 Å². The van der Waals surface area contributed by atoms with Crippen molar-refractivity contribution in [3.63, 3.8) is 0 Å². The Labute approximate surface area is 145 Å². The molecule has 0 aromatic carbocycles. The maximum absolute atomic E-state index is 5.32. The van der Waals surface area contributed by atoms with E-state index in [0.717, 1.165) is 31.4 Å². The molecule has 0 unspecified atom stereocenters. The summed E-state index contributed by atoms with van der Waals surface area (Å²) in [5.41, 5.74) is 1.57. The van der Waals surface area contributed by atoms with Gasteiger partial charge in [0.2, 0.25) is 0 Å². The van der Waals surface area contributed by atoms with Gasteiger partial charge in [0.05, 0.1) is 13.2 Å².